The van der Waals surface area contributed by atoms with Crippen molar-refractivity contribution in [3.8, 4) is 11.6 Å². The predicted molar refractivity (Wildman–Crippen MR) is 222 cm³/mol. The summed E-state index contributed by atoms with van der Waals surface area (Å²) in [4.78, 5) is 60.3. The molecule has 1 aliphatic rings. The Labute approximate surface area is 352 Å². The molecule has 310 valence electrons. The van der Waals surface area contributed by atoms with E-state index in [0.717, 1.165) is 5.56 Å². The van der Waals surface area contributed by atoms with Gasteiger partial charge in [0.05, 0.1) is 29.4 Å². The summed E-state index contributed by atoms with van der Waals surface area (Å²) in [5, 5.41) is 0. The third-order valence-corrected chi connectivity index (χ3v) is 9.91. The molecule has 0 unspecified atom stereocenters. The first-order chi connectivity index (χ1) is 29.7. The minimum absolute atomic E-state index is 0.127. The highest BCUT2D eigenvalue weighted by atomic mass is 16.7. The molecule has 0 N–H and O–H groups in total. The first-order valence-electron chi connectivity index (χ1n) is 19.6. The molecule has 12 nitrogen and oxygen atoms in total. The summed E-state index contributed by atoms with van der Waals surface area (Å²) in [5.41, 5.74) is 2.92. The van der Waals surface area contributed by atoms with E-state index in [1.54, 1.807) is 142 Å². The number of rotatable bonds is 14. The van der Waals surface area contributed by atoms with Crippen LogP contribution in [0.3, 0.4) is 0 Å². The van der Waals surface area contributed by atoms with Crippen molar-refractivity contribution in [2.75, 3.05) is 7.11 Å². The Kier molecular flexibility index (Phi) is 13.5. The maximum atomic E-state index is 14.1. The molecule has 0 aliphatic carbocycles. The fourth-order valence-corrected chi connectivity index (χ4v) is 6.75. The Morgan fingerprint density at radius 3 is 1.52 bits per heavy atom. The number of aromatic nitrogens is 1. The molecule has 6 aromatic rings. The predicted octanol–water partition coefficient (Wildman–Crippen LogP) is 8.02. The van der Waals surface area contributed by atoms with Gasteiger partial charge in [-0.05, 0) is 86.1 Å². The topological polar surface area (TPSA) is 146 Å². The number of benzene rings is 5. The molecule has 0 saturated carbocycles. The second-order valence-electron chi connectivity index (χ2n) is 14.2. The number of aryl methyl sites for hydroxylation is 1. The minimum atomic E-state index is -1.61. The lowest BCUT2D eigenvalue weighted by Crippen LogP contribution is -2.65. The molecule has 0 spiro atoms. The van der Waals surface area contributed by atoms with Gasteiger partial charge >= 0.3 is 23.9 Å². The van der Waals surface area contributed by atoms with Gasteiger partial charge in [0, 0.05) is 17.7 Å². The van der Waals surface area contributed by atoms with Gasteiger partial charge in [-0.25, -0.2) is 24.2 Å². The molecular weight excluding hydrogens is 779 g/mol. The van der Waals surface area contributed by atoms with Crippen LogP contribution in [0.15, 0.2) is 158 Å². The molecular formula is C49H43NO11. The maximum absolute atomic E-state index is 14.1. The fourth-order valence-electron chi connectivity index (χ4n) is 6.75. The van der Waals surface area contributed by atoms with Crippen LogP contribution in [-0.4, -0.2) is 72.8 Å². The maximum Gasteiger partial charge on any atom is 0.338 e. The number of ether oxygens (including phenoxy) is 7. The van der Waals surface area contributed by atoms with E-state index in [4.69, 9.17) is 38.1 Å². The lowest BCUT2D eigenvalue weighted by Gasteiger charge is -2.45. The third-order valence-electron chi connectivity index (χ3n) is 9.91. The zero-order chi connectivity index (χ0) is 42.7. The highest BCUT2D eigenvalue weighted by Gasteiger charge is 2.56. The number of carbonyl (C=O) groups is 4. The average Bonchev–Trinajstić information content (AvgIpc) is 3.30. The van der Waals surface area contributed by atoms with Gasteiger partial charge in [0.15, 0.2) is 12.2 Å². The third kappa shape index (κ3) is 10.5. The lowest BCUT2D eigenvalue weighted by atomic mass is 9.94. The van der Waals surface area contributed by atoms with Crippen molar-refractivity contribution in [1.82, 2.24) is 4.98 Å². The fraction of sp³-hybridized carbons (Fsp3) is 0.204. The lowest BCUT2D eigenvalue weighted by molar-refractivity contribution is -0.284. The highest BCUT2D eigenvalue weighted by Crippen LogP contribution is 2.35. The molecule has 7 rings (SSSR count). The number of pyridine rings is 1. The van der Waals surface area contributed by atoms with Gasteiger partial charge in [0.25, 0.3) is 0 Å². The monoisotopic (exact) mass is 821 g/mol. The summed E-state index contributed by atoms with van der Waals surface area (Å²) in [6, 6.07) is 44.0. The van der Waals surface area contributed by atoms with Gasteiger partial charge in [-0.1, -0.05) is 91.0 Å². The van der Waals surface area contributed by atoms with Crippen LogP contribution in [0, 0.1) is 6.92 Å². The van der Waals surface area contributed by atoms with Crippen LogP contribution in [0.4, 0.5) is 0 Å². The second-order valence-corrected chi connectivity index (χ2v) is 14.2. The first-order valence-corrected chi connectivity index (χ1v) is 19.6. The normalized spacial score (nSPS) is 18.8. The van der Waals surface area contributed by atoms with Crippen LogP contribution in [0.2, 0.25) is 0 Å². The molecule has 1 saturated heterocycles. The summed E-state index contributed by atoms with van der Waals surface area (Å²) in [7, 11) is 1.59. The zero-order valence-electron chi connectivity index (χ0n) is 33.6. The van der Waals surface area contributed by atoms with E-state index < -0.39 is 60.7 Å². The van der Waals surface area contributed by atoms with Crippen molar-refractivity contribution in [3.63, 3.8) is 0 Å². The SMILES string of the molecule is COc1ccc(Cc2ccc(C)nc2O[C@@H]2O[C@H]([C@@H](C)OC(=O)c3ccccc3)[C@@H](OC(=O)c3ccccc3)[C@H](OC(=O)c3ccccc3)[C@H]2OC(=O)c2ccccc2)cc1. The van der Waals surface area contributed by atoms with Crippen molar-refractivity contribution < 1.29 is 52.3 Å². The van der Waals surface area contributed by atoms with Gasteiger partial charge in [-0.3, -0.25) is 0 Å². The van der Waals surface area contributed by atoms with Crippen LogP contribution < -0.4 is 9.47 Å². The second kappa shape index (κ2) is 19.6. The van der Waals surface area contributed by atoms with Gasteiger partial charge in [-0.2, -0.15) is 0 Å². The van der Waals surface area contributed by atoms with E-state index in [0.29, 0.717) is 23.4 Å². The van der Waals surface area contributed by atoms with Crippen molar-refractivity contribution in [1.29, 1.82) is 0 Å². The average molecular weight is 822 g/mol. The smallest absolute Gasteiger partial charge is 0.338 e. The number of nitrogens with zero attached hydrogens (tertiary/aromatic N) is 1. The summed E-state index contributed by atoms with van der Waals surface area (Å²) < 4.78 is 43.3. The van der Waals surface area contributed by atoms with Crippen LogP contribution in [-0.2, 0) is 30.1 Å². The Morgan fingerprint density at radius 1 is 0.574 bits per heavy atom. The zero-order valence-corrected chi connectivity index (χ0v) is 33.6. The number of esters is 4. The molecule has 1 aromatic heterocycles. The van der Waals surface area contributed by atoms with E-state index in [-0.39, 0.29) is 28.1 Å². The van der Waals surface area contributed by atoms with Gasteiger partial charge in [-0.15, -0.1) is 0 Å². The standard InChI is InChI=1S/C49H43NO11/c1-31-24-27-38(30-33-25-28-39(55-3)29-26-33)44(50-31)61-49-43(59-48(54)37-22-14-7-15-23-37)42(58-47(53)36-20-12-6-13-21-36)41(57-46(52)35-18-10-5-11-19-35)40(60-49)32(2)56-45(51)34-16-8-4-9-17-34/h4-29,32,40-43,49H,30H2,1-3H3/t32-,40-,41-,42+,43-,49+/m1/s1. The Bertz CT molecular complexity index is 2410. The van der Waals surface area contributed by atoms with Gasteiger partial charge in [0.1, 0.15) is 18.0 Å². The van der Waals surface area contributed by atoms with Gasteiger partial charge < -0.3 is 33.2 Å². The summed E-state index contributed by atoms with van der Waals surface area (Å²) in [5.74, 6) is -2.32. The van der Waals surface area contributed by atoms with E-state index in [9.17, 15) is 19.2 Å². The molecule has 0 bridgehead atoms. The van der Waals surface area contributed by atoms with E-state index >= 15 is 0 Å². The van der Waals surface area contributed by atoms with Crippen LogP contribution in [0.1, 0.15) is 65.2 Å². The Balaban J connectivity index is 1.34. The first kappa shape index (κ1) is 41.8. The van der Waals surface area contributed by atoms with Gasteiger partial charge in [0.2, 0.25) is 18.3 Å². The summed E-state index contributed by atoms with van der Waals surface area (Å²) >= 11 is 0. The number of carbonyl (C=O) groups excluding carboxylic acids is 4. The van der Waals surface area contributed by atoms with Crippen LogP contribution >= 0.6 is 0 Å². The Hall–Kier alpha value is -7.31. The molecule has 5 aromatic carbocycles. The molecule has 2 heterocycles. The molecule has 1 aliphatic heterocycles. The van der Waals surface area contributed by atoms with Crippen molar-refractivity contribution >= 4 is 23.9 Å². The number of hydrogen-bond acceptors (Lipinski definition) is 12. The van der Waals surface area contributed by atoms with E-state index in [1.807, 2.05) is 36.4 Å². The molecule has 0 amide bonds. The van der Waals surface area contributed by atoms with E-state index in [1.165, 1.54) is 0 Å². The quantitative estimate of drug-likeness (QED) is 0.0775. The van der Waals surface area contributed by atoms with Crippen molar-refractivity contribution in [2.24, 2.45) is 0 Å². The minimum Gasteiger partial charge on any atom is -0.497 e. The molecule has 61 heavy (non-hydrogen) atoms. The summed E-state index contributed by atoms with van der Waals surface area (Å²) in [6.45, 7) is 3.34. The van der Waals surface area contributed by atoms with E-state index in [2.05, 4.69) is 0 Å². The molecule has 0 radical (unpaired) electrons. The molecule has 1 fully saturated rings. The number of methoxy groups -OCH3 is 1. The van der Waals surface area contributed by atoms with Crippen LogP contribution in [0.5, 0.6) is 11.6 Å². The number of hydrogen-bond donors (Lipinski definition) is 0. The molecule has 12 heteroatoms. The Morgan fingerprint density at radius 2 is 1.03 bits per heavy atom. The van der Waals surface area contributed by atoms with Crippen LogP contribution in [0.25, 0.3) is 0 Å². The molecule has 6 atom stereocenters. The summed E-state index contributed by atoms with van der Waals surface area (Å²) in [6.07, 6.45) is -8.52. The van der Waals surface area contributed by atoms with Crippen molar-refractivity contribution in [2.45, 2.75) is 57.1 Å². The van der Waals surface area contributed by atoms with Crippen molar-refractivity contribution in [3.05, 3.63) is 197 Å². The highest BCUT2D eigenvalue weighted by molar-refractivity contribution is 5.91. The largest absolute Gasteiger partial charge is 0.497 e.